The minimum absolute atomic E-state index is 0.287. The van der Waals surface area contributed by atoms with Crippen LogP contribution < -0.4 is 4.90 Å². The molecule has 2 aliphatic heterocycles. The summed E-state index contributed by atoms with van der Waals surface area (Å²) in [5, 5.41) is 7.82. The molecule has 1 aromatic heterocycles. The molecule has 3 aliphatic rings. The monoisotopic (exact) mass is 373 g/mol. The minimum atomic E-state index is -3.07. The topological polar surface area (TPSA) is 71.3 Å². The fourth-order valence-electron chi connectivity index (χ4n) is 4.54. The van der Waals surface area contributed by atoms with Gasteiger partial charge in [0.05, 0.1) is 5.75 Å². The number of aromatic nitrogens is 3. The van der Waals surface area contributed by atoms with Gasteiger partial charge in [-0.3, -0.25) is 0 Å². The Kier molecular flexibility index (Phi) is 3.79. The van der Waals surface area contributed by atoms with Gasteiger partial charge in [-0.2, -0.15) is 4.31 Å². The third kappa shape index (κ3) is 2.81. The molecule has 1 unspecified atom stereocenters. The first-order valence-electron chi connectivity index (χ1n) is 9.28. The third-order valence-electron chi connectivity index (χ3n) is 6.04. The summed E-state index contributed by atoms with van der Waals surface area (Å²) in [4.78, 5) is 2.43. The lowest BCUT2D eigenvalue weighted by atomic mass is 10.2. The zero-order valence-corrected chi connectivity index (χ0v) is 15.4. The van der Waals surface area contributed by atoms with Gasteiger partial charge in [0.1, 0.15) is 12.7 Å². The van der Waals surface area contributed by atoms with Crippen molar-refractivity contribution in [3.63, 3.8) is 0 Å². The number of rotatable bonds is 4. The van der Waals surface area contributed by atoms with E-state index < -0.39 is 10.0 Å². The summed E-state index contributed by atoms with van der Waals surface area (Å²) >= 11 is 0. The lowest BCUT2D eigenvalue weighted by molar-refractivity contribution is 0.378. The van der Waals surface area contributed by atoms with Gasteiger partial charge in [-0.1, -0.05) is 12.1 Å². The fourth-order valence-corrected chi connectivity index (χ4v) is 6.12. The zero-order valence-electron chi connectivity index (χ0n) is 14.6. The summed E-state index contributed by atoms with van der Waals surface area (Å²) in [6, 6.07) is 8.96. The summed E-state index contributed by atoms with van der Waals surface area (Å²) in [5.41, 5.74) is 2.29. The molecule has 2 aromatic rings. The molecule has 138 valence electrons. The molecule has 0 N–H and O–H groups in total. The summed E-state index contributed by atoms with van der Waals surface area (Å²) in [6.45, 7) is 3.26. The van der Waals surface area contributed by atoms with Crippen molar-refractivity contribution in [3.8, 4) is 0 Å². The number of benzene rings is 1. The zero-order chi connectivity index (χ0) is 17.7. The molecule has 3 fully saturated rings. The molecule has 1 saturated carbocycles. The first-order chi connectivity index (χ1) is 12.6. The standard InChI is InChI=1S/C18H23N5O2S/c24-26(25)8-2-1-7-23(26)9-14-3-5-15(6-4-14)21-10-16-17(11-21)18(16)22-12-19-20-13-22/h3-6,12-13,16-18H,1-2,7-11H2/t16-,17+,18?. The predicted molar refractivity (Wildman–Crippen MR) is 98.1 cm³/mol. The summed E-state index contributed by atoms with van der Waals surface area (Å²) in [5.74, 6) is 1.66. The molecular formula is C18H23N5O2S. The molecule has 3 atom stereocenters. The molecule has 0 spiro atoms. The van der Waals surface area contributed by atoms with E-state index in [0.717, 1.165) is 31.5 Å². The Hall–Kier alpha value is -1.93. The van der Waals surface area contributed by atoms with Crippen LogP contribution in [-0.4, -0.2) is 52.9 Å². The van der Waals surface area contributed by atoms with Crippen LogP contribution in [0.4, 0.5) is 5.69 Å². The van der Waals surface area contributed by atoms with Gasteiger partial charge in [0.2, 0.25) is 10.0 Å². The van der Waals surface area contributed by atoms with E-state index in [2.05, 4.69) is 43.9 Å². The maximum atomic E-state index is 12.1. The number of sulfonamides is 1. The number of piperidine rings is 1. The van der Waals surface area contributed by atoms with Gasteiger partial charge >= 0.3 is 0 Å². The molecule has 1 aromatic carbocycles. The van der Waals surface area contributed by atoms with Crippen LogP contribution in [0.2, 0.25) is 0 Å². The van der Waals surface area contributed by atoms with Crippen molar-refractivity contribution < 1.29 is 8.42 Å². The van der Waals surface area contributed by atoms with Gasteiger partial charge < -0.3 is 9.47 Å². The summed E-state index contributed by atoms with van der Waals surface area (Å²) in [7, 11) is -3.07. The van der Waals surface area contributed by atoms with E-state index in [9.17, 15) is 8.42 Å². The number of anilines is 1. The molecule has 8 heteroatoms. The van der Waals surface area contributed by atoms with Gasteiger partial charge in [0.25, 0.3) is 0 Å². The normalized spacial score (nSPS) is 30.3. The lowest BCUT2D eigenvalue weighted by Crippen LogP contribution is -2.37. The van der Waals surface area contributed by atoms with Crippen LogP contribution >= 0.6 is 0 Å². The van der Waals surface area contributed by atoms with Crippen molar-refractivity contribution in [1.82, 2.24) is 19.1 Å². The Morgan fingerprint density at radius 3 is 2.35 bits per heavy atom. The van der Waals surface area contributed by atoms with Crippen LogP contribution in [0, 0.1) is 11.8 Å². The fraction of sp³-hybridized carbons (Fsp3) is 0.556. The van der Waals surface area contributed by atoms with E-state index in [-0.39, 0.29) is 5.75 Å². The largest absolute Gasteiger partial charge is 0.371 e. The van der Waals surface area contributed by atoms with E-state index in [1.54, 1.807) is 4.31 Å². The molecule has 2 saturated heterocycles. The van der Waals surface area contributed by atoms with Crippen LogP contribution in [0.3, 0.4) is 0 Å². The van der Waals surface area contributed by atoms with Crippen LogP contribution in [0.25, 0.3) is 0 Å². The Morgan fingerprint density at radius 2 is 1.69 bits per heavy atom. The number of fused-ring (bicyclic) bond motifs is 1. The molecule has 1 aliphatic carbocycles. The second-order valence-corrected chi connectivity index (χ2v) is 9.74. The summed E-state index contributed by atoms with van der Waals surface area (Å²) in [6.07, 6.45) is 5.38. The molecule has 0 radical (unpaired) electrons. The van der Waals surface area contributed by atoms with Gasteiger partial charge in [-0.15, -0.1) is 10.2 Å². The highest BCUT2D eigenvalue weighted by Crippen LogP contribution is 2.55. The van der Waals surface area contributed by atoms with E-state index in [4.69, 9.17) is 0 Å². The average molecular weight is 373 g/mol. The average Bonchev–Trinajstić information content (AvgIpc) is 3.04. The molecule has 0 bridgehead atoms. The highest BCUT2D eigenvalue weighted by Gasteiger charge is 2.56. The molecular weight excluding hydrogens is 350 g/mol. The van der Waals surface area contributed by atoms with E-state index in [1.807, 2.05) is 12.7 Å². The second-order valence-electron chi connectivity index (χ2n) is 7.66. The minimum Gasteiger partial charge on any atom is -0.371 e. The van der Waals surface area contributed by atoms with Crippen LogP contribution in [-0.2, 0) is 16.6 Å². The number of hydrogen-bond donors (Lipinski definition) is 0. The van der Waals surface area contributed by atoms with Crippen molar-refractivity contribution in [2.75, 3.05) is 30.3 Å². The van der Waals surface area contributed by atoms with Crippen molar-refractivity contribution in [1.29, 1.82) is 0 Å². The van der Waals surface area contributed by atoms with Crippen LogP contribution in [0.5, 0.6) is 0 Å². The summed E-state index contributed by atoms with van der Waals surface area (Å²) < 4.78 is 28.0. The Labute approximate surface area is 153 Å². The van der Waals surface area contributed by atoms with Crippen LogP contribution in [0.1, 0.15) is 24.4 Å². The molecule has 7 nitrogen and oxygen atoms in total. The highest BCUT2D eigenvalue weighted by molar-refractivity contribution is 7.89. The number of nitrogens with zero attached hydrogens (tertiary/aromatic N) is 5. The Balaban J connectivity index is 1.22. The predicted octanol–water partition coefficient (Wildman–Crippen LogP) is 1.51. The second kappa shape index (κ2) is 6.06. The molecule has 0 amide bonds. The van der Waals surface area contributed by atoms with E-state index >= 15 is 0 Å². The van der Waals surface area contributed by atoms with Gasteiger partial charge in [-0.25, -0.2) is 8.42 Å². The molecule has 5 rings (SSSR count). The van der Waals surface area contributed by atoms with Crippen molar-refractivity contribution in [2.45, 2.75) is 25.4 Å². The lowest BCUT2D eigenvalue weighted by Gasteiger charge is -2.26. The van der Waals surface area contributed by atoms with Gasteiger partial charge in [0, 0.05) is 49.7 Å². The highest BCUT2D eigenvalue weighted by atomic mass is 32.2. The van der Waals surface area contributed by atoms with Gasteiger partial charge in [0.15, 0.2) is 0 Å². The Morgan fingerprint density at radius 1 is 1.00 bits per heavy atom. The van der Waals surface area contributed by atoms with Crippen molar-refractivity contribution in [2.24, 2.45) is 11.8 Å². The quantitative estimate of drug-likeness (QED) is 0.812. The first-order valence-corrected chi connectivity index (χ1v) is 10.9. The maximum absolute atomic E-state index is 12.1. The van der Waals surface area contributed by atoms with Crippen molar-refractivity contribution >= 4 is 15.7 Å². The maximum Gasteiger partial charge on any atom is 0.214 e. The molecule has 26 heavy (non-hydrogen) atoms. The smallest absolute Gasteiger partial charge is 0.214 e. The van der Waals surface area contributed by atoms with Crippen LogP contribution in [0.15, 0.2) is 36.9 Å². The van der Waals surface area contributed by atoms with E-state index in [1.165, 1.54) is 5.69 Å². The van der Waals surface area contributed by atoms with E-state index in [0.29, 0.717) is 31.0 Å². The third-order valence-corrected chi connectivity index (χ3v) is 7.95. The number of hydrogen-bond acceptors (Lipinski definition) is 5. The van der Waals surface area contributed by atoms with Crippen molar-refractivity contribution in [3.05, 3.63) is 42.5 Å². The Bertz CT molecular complexity index is 869. The molecule has 3 heterocycles. The van der Waals surface area contributed by atoms with Gasteiger partial charge in [-0.05, 0) is 30.5 Å². The SMILES string of the molecule is O=S1(=O)CCCCN1Cc1ccc(N2C[C@@H]3C(n4cnnc4)[C@@H]3C2)cc1. The first kappa shape index (κ1) is 16.3.